The molecule has 2 N–H and O–H groups in total. The van der Waals surface area contributed by atoms with Crippen molar-refractivity contribution in [2.24, 2.45) is 0 Å². The summed E-state index contributed by atoms with van der Waals surface area (Å²) in [5.74, 6) is -0.668. The molecular formula is C14H12Cl2F2N2Pt+2. The summed E-state index contributed by atoms with van der Waals surface area (Å²) in [5.41, 5.74) is 1.51. The molecule has 0 aliphatic heterocycles. The zero-order valence-corrected chi connectivity index (χ0v) is 14.4. The molecule has 21 heavy (non-hydrogen) atoms. The summed E-state index contributed by atoms with van der Waals surface area (Å²) in [4.78, 5) is 5.22. The Morgan fingerprint density at radius 1 is 0.667 bits per heavy atom. The quantitative estimate of drug-likeness (QED) is 0.587. The van der Waals surface area contributed by atoms with Crippen molar-refractivity contribution in [3.63, 3.8) is 0 Å². The van der Waals surface area contributed by atoms with Gasteiger partial charge in [-0.2, -0.15) is 0 Å². The summed E-state index contributed by atoms with van der Waals surface area (Å²) < 4.78 is 25.9. The first-order chi connectivity index (χ1) is 9.65. The Balaban J connectivity index is 0.00000220. The third-order valence-electron chi connectivity index (χ3n) is 3.03. The van der Waals surface area contributed by atoms with Gasteiger partial charge in [-0.1, -0.05) is 24.3 Å². The van der Waals surface area contributed by atoms with E-state index in [-0.39, 0.29) is 32.7 Å². The Bertz CT molecular complexity index is 500. The average Bonchev–Trinajstić information content (AvgIpc) is 2.47. The Morgan fingerprint density at radius 2 is 0.952 bits per heavy atom. The molecule has 0 aliphatic carbocycles. The normalized spacial score (nSPS) is 13.3. The summed E-state index contributed by atoms with van der Waals surface area (Å²) in [6.45, 7) is 0. The van der Waals surface area contributed by atoms with Gasteiger partial charge in [0.05, 0.1) is 12.1 Å². The van der Waals surface area contributed by atoms with Crippen LogP contribution in [0.3, 0.4) is 0 Å². The van der Waals surface area contributed by atoms with E-state index in [0.29, 0.717) is 0 Å². The van der Waals surface area contributed by atoms with Gasteiger partial charge >= 0.3 is 21.1 Å². The smallest absolute Gasteiger partial charge is 0.224 e. The number of benzene rings is 2. The average molecular weight is 512 g/mol. The van der Waals surface area contributed by atoms with Crippen LogP contribution in [0.25, 0.3) is 0 Å². The summed E-state index contributed by atoms with van der Waals surface area (Å²) >= 11 is 11.6. The molecule has 0 aliphatic rings. The Kier molecular flexibility index (Phi) is 7.78. The standard InChI is InChI=1S/C14H12Cl2F2N2.Pt/c15-19-13(9-1-5-11(17)6-2-9)14(20-16)10-3-7-12(18)8-4-10;/h1-8,13-14,19-20H;/q;+2. The van der Waals surface area contributed by atoms with Crippen molar-refractivity contribution in [3.8, 4) is 0 Å². The molecule has 7 heteroatoms. The Hall–Kier alpha value is -0.512. The molecule has 2 atom stereocenters. The molecule has 0 amide bonds. The van der Waals surface area contributed by atoms with Crippen LogP contribution < -0.4 is 9.67 Å². The Morgan fingerprint density at radius 3 is 1.19 bits per heavy atom. The van der Waals surface area contributed by atoms with Crippen molar-refractivity contribution < 1.29 is 29.8 Å². The molecule has 2 aromatic rings. The van der Waals surface area contributed by atoms with E-state index in [1.807, 2.05) is 0 Å². The van der Waals surface area contributed by atoms with Gasteiger partial charge in [-0.25, -0.2) is 18.5 Å². The molecule has 0 heterocycles. The van der Waals surface area contributed by atoms with Crippen LogP contribution in [-0.2, 0) is 21.1 Å². The van der Waals surface area contributed by atoms with E-state index in [9.17, 15) is 8.78 Å². The van der Waals surface area contributed by atoms with Crippen molar-refractivity contribution in [3.05, 3.63) is 71.3 Å². The van der Waals surface area contributed by atoms with Crippen molar-refractivity contribution in [1.29, 1.82) is 0 Å². The minimum absolute atomic E-state index is 0. The third kappa shape index (κ3) is 4.73. The minimum Gasteiger partial charge on any atom is -0.224 e. The topological polar surface area (TPSA) is 24.1 Å². The van der Waals surface area contributed by atoms with Gasteiger partial charge in [-0.15, -0.1) is 0 Å². The molecule has 0 aromatic heterocycles. The van der Waals surface area contributed by atoms with Crippen LogP contribution in [0.4, 0.5) is 8.78 Å². The second-order valence-corrected chi connectivity index (χ2v) is 4.71. The predicted octanol–water partition coefficient (Wildman–Crippen LogP) is 4.23. The van der Waals surface area contributed by atoms with Gasteiger partial charge < -0.3 is 0 Å². The van der Waals surface area contributed by atoms with Crippen molar-refractivity contribution in [2.75, 3.05) is 0 Å². The largest absolute Gasteiger partial charge is 2.00 e. The summed E-state index contributed by atoms with van der Waals surface area (Å²) in [6.07, 6.45) is 0. The van der Waals surface area contributed by atoms with E-state index in [0.717, 1.165) is 11.1 Å². The third-order valence-corrected chi connectivity index (χ3v) is 3.50. The molecule has 2 unspecified atom stereocenters. The van der Waals surface area contributed by atoms with Crippen molar-refractivity contribution in [1.82, 2.24) is 9.67 Å². The van der Waals surface area contributed by atoms with Crippen molar-refractivity contribution in [2.45, 2.75) is 12.1 Å². The number of hydrogen-bond acceptors (Lipinski definition) is 2. The van der Waals surface area contributed by atoms with Gasteiger partial charge in [0.25, 0.3) is 0 Å². The number of halogens is 4. The summed E-state index contributed by atoms with van der Waals surface area (Å²) in [6, 6.07) is 11.0. The fourth-order valence-electron chi connectivity index (χ4n) is 1.98. The van der Waals surface area contributed by atoms with Crippen LogP contribution in [0.15, 0.2) is 48.5 Å². The van der Waals surface area contributed by atoms with E-state index in [1.54, 1.807) is 24.3 Å². The molecule has 2 aromatic carbocycles. The predicted molar refractivity (Wildman–Crippen MR) is 76.3 cm³/mol. The molecule has 2 nitrogen and oxygen atoms in total. The zero-order chi connectivity index (χ0) is 14.5. The van der Waals surface area contributed by atoms with E-state index in [2.05, 4.69) is 9.67 Å². The maximum Gasteiger partial charge on any atom is 2.00 e. The minimum atomic E-state index is -0.403. The van der Waals surface area contributed by atoms with Gasteiger partial charge in [0, 0.05) is 0 Å². The fourth-order valence-corrected chi connectivity index (χ4v) is 2.48. The maximum absolute atomic E-state index is 13.0. The van der Waals surface area contributed by atoms with Crippen LogP contribution in [-0.4, -0.2) is 0 Å². The molecule has 0 fully saturated rings. The number of hydrogen-bond donors (Lipinski definition) is 2. The van der Waals surface area contributed by atoms with Gasteiger partial charge in [-0.05, 0) is 58.9 Å². The van der Waals surface area contributed by atoms with Crippen LogP contribution >= 0.6 is 23.6 Å². The van der Waals surface area contributed by atoms with Gasteiger partial charge in [0.2, 0.25) is 0 Å². The van der Waals surface area contributed by atoms with Crippen LogP contribution in [0.1, 0.15) is 23.2 Å². The van der Waals surface area contributed by atoms with Crippen LogP contribution in [0, 0.1) is 11.6 Å². The fraction of sp³-hybridized carbons (Fsp3) is 0.143. The van der Waals surface area contributed by atoms with Crippen molar-refractivity contribution >= 4 is 23.6 Å². The first-order valence-electron chi connectivity index (χ1n) is 5.89. The van der Waals surface area contributed by atoms with E-state index in [1.165, 1.54) is 24.3 Å². The molecule has 0 bridgehead atoms. The molecule has 0 saturated heterocycles. The van der Waals surface area contributed by atoms with Gasteiger partial charge in [0.1, 0.15) is 11.6 Å². The van der Waals surface area contributed by atoms with Gasteiger partial charge in [0.15, 0.2) is 0 Å². The van der Waals surface area contributed by atoms with E-state index >= 15 is 0 Å². The molecule has 0 radical (unpaired) electrons. The van der Waals surface area contributed by atoms with Crippen LogP contribution in [0.2, 0.25) is 0 Å². The molecule has 2 rings (SSSR count). The first kappa shape index (κ1) is 18.5. The number of nitrogens with one attached hydrogen (secondary N) is 2. The second-order valence-electron chi connectivity index (χ2n) is 4.28. The monoisotopic (exact) mass is 511 g/mol. The molecular weight excluding hydrogens is 500 g/mol. The maximum atomic E-state index is 13.0. The molecule has 0 saturated carbocycles. The summed E-state index contributed by atoms with van der Waals surface area (Å²) in [7, 11) is 0. The Labute approximate surface area is 146 Å². The first-order valence-corrected chi connectivity index (χ1v) is 6.64. The molecule has 114 valence electrons. The number of rotatable bonds is 5. The van der Waals surface area contributed by atoms with Gasteiger partial charge in [-0.3, -0.25) is 0 Å². The van der Waals surface area contributed by atoms with Crippen LogP contribution in [0.5, 0.6) is 0 Å². The second kappa shape index (κ2) is 8.82. The van der Waals surface area contributed by atoms with E-state index in [4.69, 9.17) is 23.6 Å². The van der Waals surface area contributed by atoms with E-state index < -0.39 is 12.1 Å². The summed E-state index contributed by atoms with van der Waals surface area (Å²) in [5, 5.41) is 0. The zero-order valence-electron chi connectivity index (χ0n) is 10.6. The SMILES string of the molecule is Fc1ccc(C(NCl)C(NCl)c2ccc(F)cc2)cc1.[Pt+2]. The molecule has 0 spiro atoms.